The predicted octanol–water partition coefficient (Wildman–Crippen LogP) is 1.96. The van der Waals surface area contributed by atoms with Crippen LogP contribution in [0.2, 0.25) is 0 Å². The summed E-state index contributed by atoms with van der Waals surface area (Å²) in [5, 5.41) is 2.71. The number of hydrogen-bond donors (Lipinski definition) is 1. The van der Waals surface area contributed by atoms with Crippen LogP contribution in [0.3, 0.4) is 0 Å². The summed E-state index contributed by atoms with van der Waals surface area (Å²) >= 11 is 0. The Balaban J connectivity index is 1.61. The zero-order valence-corrected chi connectivity index (χ0v) is 20.4. The van der Waals surface area contributed by atoms with Crippen molar-refractivity contribution in [3.63, 3.8) is 0 Å². The number of carbonyl (C=O) groups is 1. The first-order valence-electron chi connectivity index (χ1n) is 10.3. The third-order valence-electron chi connectivity index (χ3n) is 5.45. The average molecular weight is 480 g/mol. The van der Waals surface area contributed by atoms with Gasteiger partial charge in [0.05, 0.1) is 16.3 Å². The highest BCUT2D eigenvalue weighted by atomic mass is 32.2. The van der Waals surface area contributed by atoms with Crippen molar-refractivity contribution in [2.45, 2.75) is 30.6 Å². The third kappa shape index (κ3) is 5.55. The number of rotatable bonds is 6. The Hall–Kier alpha value is -2.27. The van der Waals surface area contributed by atoms with Gasteiger partial charge in [-0.3, -0.25) is 9.69 Å². The van der Waals surface area contributed by atoms with Gasteiger partial charge in [0.15, 0.2) is 9.84 Å². The van der Waals surface area contributed by atoms with Gasteiger partial charge in [0.2, 0.25) is 15.9 Å². The maximum absolute atomic E-state index is 13.2. The predicted molar refractivity (Wildman–Crippen MR) is 124 cm³/mol. The van der Waals surface area contributed by atoms with Crippen molar-refractivity contribution < 1.29 is 21.6 Å². The Labute approximate surface area is 190 Å². The van der Waals surface area contributed by atoms with E-state index in [1.165, 1.54) is 16.4 Å². The number of sulfone groups is 1. The molecule has 174 valence electrons. The van der Waals surface area contributed by atoms with Crippen molar-refractivity contribution in [1.82, 2.24) is 9.21 Å². The fourth-order valence-electron chi connectivity index (χ4n) is 4.04. The summed E-state index contributed by atoms with van der Waals surface area (Å²) in [6.07, 6.45) is 1.11. The van der Waals surface area contributed by atoms with Gasteiger partial charge in [-0.2, -0.15) is 4.31 Å². The smallest absolute Gasteiger partial charge is 0.243 e. The van der Waals surface area contributed by atoms with Crippen molar-refractivity contribution in [3.05, 3.63) is 53.1 Å². The van der Waals surface area contributed by atoms with E-state index in [9.17, 15) is 21.6 Å². The minimum atomic E-state index is -3.61. The molecule has 2 aromatic rings. The fraction of sp³-hybridized carbons (Fsp3) is 0.409. The second-order valence-electron chi connectivity index (χ2n) is 8.26. The molecule has 1 fully saturated rings. The molecule has 10 heteroatoms. The van der Waals surface area contributed by atoms with Gasteiger partial charge in [0, 0.05) is 38.1 Å². The summed E-state index contributed by atoms with van der Waals surface area (Å²) in [4.78, 5) is 14.8. The number of amides is 1. The van der Waals surface area contributed by atoms with Crippen LogP contribution in [-0.4, -0.2) is 70.9 Å². The molecule has 0 atom stereocenters. The number of piperazine rings is 1. The maximum Gasteiger partial charge on any atom is 0.243 e. The van der Waals surface area contributed by atoms with Crippen LogP contribution in [0.25, 0.3) is 0 Å². The molecular weight excluding hydrogens is 450 g/mol. The Kier molecular flexibility index (Phi) is 7.09. The van der Waals surface area contributed by atoms with Crippen LogP contribution in [0.1, 0.15) is 16.7 Å². The highest BCUT2D eigenvalue weighted by Gasteiger charge is 2.31. The van der Waals surface area contributed by atoms with Gasteiger partial charge in [-0.25, -0.2) is 16.8 Å². The van der Waals surface area contributed by atoms with E-state index in [0.29, 0.717) is 36.8 Å². The van der Waals surface area contributed by atoms with E-state index < -0.39 is 19.9 Å². The first-order chi connectivity index (χ1) is 14.9. The second kappa shape index (κ2) is 9.30. The average Bonchev–Trinajstić information content (AvgIpc) is 2.67. The summed E-state index contributed by atoms with van der Waals surface area (Å²) in [6.45, 7) is 7.12. The quantitative estimate of drug-likeness (QED) is 0.679. The number of nitrogens with zero attached hydrogens (tertiary/aromatic N) is 2. The van der Waals surface area contributed by atoms with Crippen LogP contribution < -0.4 is 5.32 Å². The van der Waals surface area contributed by atoms with Crippen molar-refractivity contribution in [2.75, 3.05) is 44.3 Å². The van der Waals surface area contributed by atoms with Gasteiger partial charge in [-0.05, 0) is 50.1 Å². The Morgan fingerprint density at radius 3 is 2.09 bits per heavy atom. The van der Waals surface area contributed by atoms with Crippen LogP contribution >= 0.6 is 0 Å². The van der Waals surface area contributed by atoms with Crippen molar-refractivity contribution >= 4 is 31.5 Å². The summed E-state index contributed by atoms with van der Waals surface area (Å²) in [7, 11) is -6.97. The fourth-order valence-corrected chi connectivity index (χ4v) is 6.54. The van der Waals surface area contributed by atoms with Gasteiger partial charge in [0.1, 0.15) is 0 Å². The molecule has 1 saturated heterocycles. The van der Waals surface area contributed by atoms with E-state index in [1.54, 1.807) is 12.1 Å². The molecule has 1 heterocycles. The van der Waals surface area contributed by atoms with E-state index in [4.69, 9.17) is 0 Å². The molecule has 2 aromatic carbocycles. The van der Waals surface area contributed by atoms with E-state index in [-0.39, 0.29) is 17.3 Å². The monoisotopic (exact) mass is 479 g/mol. The number of benzene rings is 2. The van der Waals surface area contributed by atoms with Crippen LogP contribution in [-0.2, 0) is 24.7 Å². The molecule has 0 aliphatic carbocycles. The molecule has 0 spiro atoms. The summed E-state index contributed by atoms with van der Waals surface area (Å²) in [6, 6.07) is 9.85. The number of anilines is 1. The molecule has 3 rings (SSSR count). The lowest BCUT2D eigenvalue weighted by Crippen LogP contribution is -2.50. The number of hydrogen-bond acceptors (Lipinski definition) is 6. The molecule has 8 nitrogen and oxygen atoms in total. The molecule has 0 saturated carbocycles. The van der Waals surface area contributed by atoms with Gasteiger partial charge in [0.25, 0.3) is 0 Å². The zero-order chi connectivity index (χ0) is 23.7. The van der Waals surface area contributed by atoms with E-state index in [1.807, 2.05) is 37.8 Å². The van der Waals surface area contributed by atoms with E-state index in [0.717, 1.165) is 22.9 Å². The topological polar surface area (TPSA) is 104 Å². The van der Waals surface area contributed by atoms with Crippen LogP contribution in [0.5, 0.6) is 0 Å². The summed E-state index contributed by atoms with van der Waals surface area (Å²) < 4.78 is 51.3. The number of aryl methyl sites for hydroxylation is 3. The van der Waals surface area contributed by atoms with Crippen molar-refractivity contribution in [3.8, 4) is 0 Å². The van der Waals surface area contributed by atoms with Crippen LogP contribution in [0.4, 0.5) is 5.69 Å². The van der Waals surface area contributed by atoms with Gasteiger partial charge < -0.3 is 5.32 Å². The first kappa shape index (κ1) is 24.4. The summed E-state index contributed by atoms with van der Waals surface area (Å²) in [5.41, 5.74) is 2.91. The normalized spacial score (nSPS) is 16.1. The molecule has 1 N–H and O–H groups in total. The zero-order valence-electron chi connectivity index (χ0n) is 18.8. The van der Waals surface area contributed by atoms with Crippen molar-refractivity contribution in [1.29, 1.82) is 0 Å². The molecule has 1 amide bonds. The molecule has 1 aliphatic heterocycles. The number of carbonyl (C=O) groups excluding carboxylic acids is 1. The summed E-state index contributed by atoms with van der Waals surface area (Å²) in [5.74, 6) is -0.280. The van der Waals surface area contributed by atoms with Gasteiger partial charge >= 0.3 is 0 Å². The maximum atomic E-state index is 13.2. The van der Waals surface area contributed by atoms with Crippen molar-refractivity contribution in [2.24, 2.45) is 0 Å². The highest BCUT2D eigenvalue weighted by Crippen LogP contribution is 2.26. The first-order valence-corrected chi connectivity index (χ1v) is 13.6. The van der Waals surface area contributed by atoms with E-state index >= 15 is 0 Å². The van der Waals surface area contributed by atoms with Crippen LogP contribution in [0.15, 0.2) is 46.2 Å². The Morgan fingerprint density at radius 2 is 1.53 bits per heavy atom. The van der Waals surface area contributed by atoms with Crippen LogP contribution in [0, 0.1) is 20.8 Å². The van der Waals surface area contributed by atoms with Gasteiger partial charge in [-0.1, -0.05) is 23.8 Å². The lowest BCUT2D eigenvalue weighted by atomic mass is 10.1. The number of nitrogens with one attached hydrogen (secondary N) is 1. The molecule has 0 radical (unpaired) electrons. The molecular formula is C22H29N3O5S2. The molecule has 1 aliphatic rings. The number of sulfonamides is 1. The highest BCUT2D eigenvalue weighted by molar-refractivity contribution is 7.90. The molecule has 32 heavy (non-hydrogen) atoms. The minimum absolute atomic E-state index is 0.0968. The van der Waals surface area contributed by atoms with E-state index in [2.05, 4.69) is 5.32 Å². The lowest BCUT2D eigenvalue weighted by molar-refractivity contribution is -0.117. The van der Waals surface area contributed by atoms with Gasteiger partial charge in [-0.15, -0.1) is 0 Å². The second-order valence-corrected chi connectivity index (χ2v) is 12.1. The Morgan fingerprint density at radius 1 is 0.938 bits per heavy atom. The standard InChI is InChI=1S/C22H29N3O5S2/c1-16-12-17(2)22(18(3)13-16)32(29,30)25-10-8-24(9-11-25)15-21(26)23-19-6-5-7-20(14-19)31(4,27)28/h5-7,12-14H,8-11,15H2,1-4H3,(H,23,26). The third-order valence-corrected chi connectivity index (χ3v) is 8.76. The molecule has 0 aromatic heterocycles. The molecule has 0 bridgehead atoms. The lowest BCUT2D eigenvalue weighted by Gasteiger charge is -2.34. The minimum Gasteiger partial charge on any atom is -0.325 e. The Bertz CT molecular complexity index is 1210. The molecule has 0 unspecified atom stereocenters. The largest absolute Gasteiger partial charge is 0.325 e. The SMILES string of the molecule is Cc1cc(C)c(S(=O)(=O)N2CCN(CC(=O)Nc3cccc(S(C)(=O)=O)c3)CC2)c(C)c1.